The Bertz CT molecular complexity index is 981. The monoisotopic (exact) mass is 397 g/mol. The number of ether oxygens (including phenoxy) is 1. The van der Waals surface area contributed by atoms with E-state index >= 15 is 0 Å². The highest BCUT2D eigenvalue weighted by Crippen LogP contribution is 2.26. The molecule has 0 radical (unpaired) electrons. The molecule has 2 rings (SSSR count). The molecule has 2 aromatic carbocycles. The lowest BCUT2D eigenvalue weighted by molar-refractivity contribution is 0.411. The van der Waals surface area contributed by atoms with E-state index in [1.54, 1.807) is 7.11 Å². The molecule has 0 spiro atoms. The normalized spacial score (nSPS) is 13.4. The van der Waals surface area contributed by atoms with Gasteiger partial charge in [-0.3, -0.25) is 0 Å². The van der Waals surface area contributed by atoms with Crippen LogP contribution in [0.4, 0.5) is 0 Å². The maximum Gasteiger partial charge on any atom is 0.241 e. The Morgan fingerprint density at radius 1 is 1.00 bits per heavy atom. The third-order valence-corrected chi connectivity index (χ3v) is 6.71. The van der Waals surface area contributed by atoms with Gasteiger partial charge in [0, 0.05) is 12.3 Å². The van der Waals surface area contributed by atoms with Crippen LogP contribution in [0.25, 0.3) is 0 Å². The summed E-state index contributed by atoms with van der Waals surface area (Å²) in [6, 6.07) is 10.3. The van der Waals surface area contributed by atoms with Gasteiger partial charge in [-0.2, -0.15) is 0 Å². The Balaban J connectivity index is 2.30. The standard InChI is InChI=1S/C18H23NO5S2/c1-5-17(14-6-11-18(24-3)13(2)12-14)19-26(22,23)16-9-7-15(8-10-16)25(4,20)21/h6-12,17,19H,5H2,1-4H3/t17-/m0/s1. The third kappa shape index (κ3) is 4.63. The van der Waals surface area contributed by atoms with E-state index in [1.165, 1.54) is 24.3 Å². The van der Waals surface area contributed by atoms with Crippen molar-refractivity contribution in [2.45, 2.75) is 36.1 Å². The van der Waals surface area contributed by atoms with Crippen LogP contribution in [-0.4, -0.2) is 30.2 Å². The van der Waals surface area contributed by atoms with Crippen LogP contribution in [0.3, 0.4) is 0 Å². The SMILES string of the molecule is CC[C@H](NS(=O)(=O)c1ccc(S(C)(=O)=O)cc1)c1ccc(OC)c(C)c1. The van der Waals surface area contributed by atoms with E-state index < -0.39 is 25.9 Å². The molecule has 6 nitrogen and oxygen atoms in total. The summed E-state index contributed by atoms with van der Waals surface area (Å²) in [7, 11) is -5.58. The summed E-state index contributed by atoms with van der Waals surface area (Å²) in [6.45, 7) is 3.78. The number of hydrogen-bond donors (Lipinski definition) is 1. The smallest absolute Gasteiger partial charge is 0.241 e. The van der Waals surface area contributed by atoms with Gasteiger partial charge in [0.15, 0.2) is 9.84 Å². The predicted molar refractivity (Wildman–Crippen MR) is 101 cm³/mol. The van der Waals surface area contributed by atoms with Gasteiger partial charge in [0.1, 0.15) is 5.75 Å². The van der Waals surface area contributed by atoms with E-state index in [-0.39, 0.29) is 9.79 Å². The lowest BCUT2D eigenvalue weighted by Gasteiger charge is -2.19. The number of hydrogen-bond acceptors (Lipinski definition) is 5. The van der Waals surface area contributed by atoms with Gasteiger partial charge in [-0.15, -0.1) is 0 Å². The van der Waals surface area contributed by atoms with Crippen LogP contribution in [0, 0.1) is 6.92 Å². The number of sulfonamides is 1. The molecule has 0 fully saturated rings. The van der Waals surface area contributed by atoms with Gasteiger partial charge in [-0.1, -0.05) is 19.1 Å². The molecule has 1 N–H and O–H groups in total. The second kappa shape index (κ2) is 7.77. The third-order valence-electron chi connectivity index (χ3n) is 4.09. The fourth-order valence-electron chi connectivity index (χ4n) is 2.63. The molecule has 1 atom stereocenters. The van der Waals surface area contributed by atoms with Crippen molar-refractivity contribution in [3.63, 3.8) is 0 Å². The van der Waals surface area contributed by atoms with Crippen LogP contribution in [0.2, 0.25) is 0 Å². The summed E-state index contributed by atoms with van der Waals surface area (Å²) in [4.78, 5) is 0.0999. The molecule has 142 valence electrons. The number of aryl methyl sites for hydroxylation is 1. The number of sulfone groups is 1. The summed E-state index contributed by atoms with van der Waals surface area (Å²) in [6.07, 6.45) is 1.64. The predicted octanol–water partition coefficient (Wildman–Crippen LogP) is 2.84. The van der Waals surface area contributed by atoms with Crippen molar-refractivity contribution < 1.29 is 21.6 Å². The highest BCUT2D eigenvalue weighted by Gasteiger charge is 2.21. The first-order chi connectivity index (χ1) is 12.1. The summed E-state index contributed by atoms with van der Waals surface area (Å²) in [5.74, 6) is 0.739. The number of benzene rings is 2. The Kier molecular flexibility index (Phi) is 6.10. The van der Waals surface area contributed by atoms with Gasteiger partial charge in [-0.25, -0.2) is 21.6 Å². The molecule has 0 saturated carbocycles. The van der Waals surface area contributed by atoms with Crippen LogP contribution >= 0.6 is 0 Å². The summed E-state index contributed by atoms with van der Waals surface area (Å²) in [5, 5.41) is 0. The highest BCUT2D eigenvalue weighted by molar-refractivity contribution is 7.90. The van der Waals surface area contributed by atoms with Gasteiger partial charge in [0.05, 0.1) is 16.9 Å². The fourth-order valence-corrected chi connectivity index (χ4v) is 4.57. The molecule has 0 aliphatic carbocycles. The van der Waals surface area contributed by atoms with Crippen molar-refractivity contribution >= 4 is 19.9 Å². The maximum atomic E-state index is 12.7. The molecule has 0 saturated heterocycles. The zero-order valence-corrected chi connectivity index (χ0v) is 16.8. The van der Waals surface area contributed by atoms with E-state index in [9.17, 15) is 16.8 Å². The minimum atomic E-state index is -3.79. The van der Waals surface area contributed by atoms with E-state index in [0.29, 0.717) is 6.42 Å². The van der Waals surface area contributed by atoms with Gasteiger partial charge in [-0.05, 0) is 54.8 Å². The van der Waals surface area contributed by atoms with Crippen molar-refractivity contribution in [3.05, 3.63) is 53.6 Å². The van der Waals surface area contributed by atoms with Gasteiger partial charge < -0.3 is 4.74 Å². The topological polar surface area (TPSA) is 89.5 Å². The number of methoxy groups -OCH3 is 1. The molecule has 0 aromatic heterocycles. The molecule has 0 aliphatic heterocycles. The second-order valence-electron chi connectivity index (χ2n) is 6.05. The van der Waals surface area contributed by atoms with Gasteiger partial charge in [0.25, 0.3) is 0 Å². The Hall–Kier alpha value is -1.90. The summed E-state index contributed by atoms with van der Waals surface area (Å²) >= 11 is 0. The van der Waals surface area contributed by atoms with E-state index in [2.05, 4.69) is 4.72 Å². The molecular formula is C18H23NO5S2. The van der Waals surface area contributed by atoms with Crippen molar-refractivity contribution in [2.75, 3.05) is 13.4 Å². The second-order valence-corrected chi connectivity index (χ2v) is 9.78. The van der Waals surface area contributed by atoms with E-state index in [1.807, 2.05) is 32.0 Å². The van der Waals surface area contributed by atoms with Crippen molar-refractivity contribution in [2.24, 2.45) is 0 Å². The van der Waals surface area contributed by atoms with Crippen LogP contribution in [0.15, 0.2) is 52.3 Å². The van der Waals surface area contributed by atoms with Crippen LogP contribution in [0.5, 0.6) is 5.75 Å². The Morgan fingerprint density at radius 3 is 2.04 bits per heavy atom. The minimum Gasteiger partial charge on any atom is -0.496 e. The summed E-state index contributed by atoms with van der Waals surface area (Å²) in [5.41, 5.74) is 1.75. The fraction of sp³-hybridized carbons (Fsp3) is 0.333. The number of rotatable bonds is 7. The lowest BCUT2D eigenvalue weighted by Crippen LogP contribution is -2.28. The molecule has 0 aliphatic rings. The number of nitrogens with one attached hydrogen (secondary N) is 1. The average molecular weight is 398 g/mol. The molecule has 8 heteroatoms. The Labute approximate surface area is 155 Å². The van der Waals surface area contributed by atoms with E-state index in [4.69, 9.17) is 4.74 Å². The quantitative estimate of drug-likeness (QED) is 0.776. The minimum absolute atomic E-state index is 0.0218. The maximum absolute atomic E-state index is 12.7. The molecule has 0 bridgehead atoms. The molecule has 0 unspecified atom stereocenters. The highest BCUT2D eigenvalue weighted by atomic mass is 32.2. The molecule has 0 amide bonds. The first kappa shape index (κ1) is 20.4. The molecular weight excluding hydrogens is 374 g/mol. The summed E-state index contributed by atoms with van der Waals surface area (Å²) < 4.78 is 56.3. The van der Waals surface area contributed by atoms with Crippen LogP contribution in [0.1, 0.15) is 30.5 Å². The molecule has 26 heavy (non-hydrogen) atoms. The first-order valence-electron chi connectivity index (χ1n) is 8.05. The average Bonchev–Trinajstić information content (AvgIpc) is 2.59. The lowest BCUT2D eigenvalue weighted by atomic mass is 10.0. The zero-order valence-electron chi connectivity index (χ0n) is 15.2. The van der Waals surface area contributed by atoms with Crippen LogP contribution in [-0.2, 0) is 19.9 Å². The van der Waals surface area contributed by atoms with E-state index in [0.717, 1.165) is 23.1 Å². The van der Waals surface area contributed by atoms with Gasteiger partial charge >= 0.3 is 0 Å². The molecule has 2 aromatic rings. The van der Waals surface area contributed by atoms with Crippen molar-refractivity contribution in [3.8, 4) is 5.75 Å². The Morgan fingerprint density at radius 2 is 1.58 bits per heavy atom. The van der Waals surface area contributed by atoms with Crippen LogP contribution < -0.4 is 9.46 Å². The van der Waals surface area contributed by atoms with Crippen molar-refractivity contribution in [1.82, 2.24) is 4.72 Å². The van der Waals surface area contributed by atoms with Gasteiger partial charge in [0.2, 0.25) is 10.0 Å². The molecule has 0 heterocycles. The first-order valence-corrected chi connectivity index (χ1v) is 11.4. The zero-order chi connectivity index (χ0) is 19.5. The van der Waals surface area contributed by atoms with Crippen molar-refractivity contribution in [1.29, 1.82) is 0 Å². The largest absolute Gasteiger partial charge is 0.496 e.